The van der Waals surface area contributed by atoms with Crippen molar-refractivity contribution in [2.24, 2.45) is 0 Å². The number of hydrogen-bond donors (Lipinski definition) is 2. The number of amides is 1. The maximum absolute atomic E-state index is 16.7. The quantitative estimate of drug-likeness (QED) is 0.175. The minimum atomic E-state index is -4.05. The predicted molar refractivity (Wildman–Crippen MR) is 206 cm³/mol. The van der Waals surface area contributed by atoms with Crippen molar-refractivity contribution in [2.45, 2.75) is 29.8 Å². The summed E-state index contributed by atoms with van der Waals surface area (Å²) in [6.07, 6.45) is 4.76. The molecular formula is C39H31ClFN9O4S. The molecule has 13 nitrogen and oxygen atoms in total. The number of nitrogens with one attached hydrogen (secondary N) is 2. The van der Waals surface area contributed by atoms with Gasteiger partial charge in [0.05, 0.1) is 10.3 Å². The topological polar surface area (TPSA) is 157 Å². The summed E-state index contributed by atoms with van der Waals surface area (Å²) < 4.78 is 49.8. The molecule has 2 bridgehead atoms. The molecule has 16 heteroatoms. The highest BCUT2D eigenvalue weighted by Gasteiger charge is 2.34. The van der Waals surface area contributed by atoms with Gasteiger partial charge in [-0.2, -0.15) is 18.4 Å². The number of nitrogens with zero attached hydrogens (tertiary/aromatic N) is 7. The number of halogens is 2. The van der Waals surface area contributed by atoms with Crippen molar-refractivity contribution in [3.05, 3.63) is 114 Å². The molecule has 0 radical (unpaired) electrons. The molecule has 9 rings (SSSR count). The number of hydrogen-bond acceptors (Lipinski definition) is 11. The lowest BCUT2D eigenvalue weighted by atomic mass is 10.0. The van der Waals surface area contributed by atoms with Crippen LogP contribution in [0.4, 0.5) is 15.9 Å². The third-order valence-electron chi connectivity index (χ3n) is 9.79. The van der Waals surface area contributed by atoms with E-state index in [-0.39, 0.29) is 40.0 Å². The summed E-state index contributed by atoms with van der Waals surface area (Å²) in [5, 5.41) is 12.8. The molecule has 2 N–H and O–H groups in total. The van der Waals surface area contributed by atoms with Crippen molar-refractivity contribution in [1.82, 2.24) is 34.4 Å². The Morgan fingerprint density at radius 2 is 1.67 bits per heavy atom. The molecule has 0 unspecified atom stereocenters. The molecular weight excluding hydrogens is 745 g/mol. The fourth-order valence-corrected chi connectivity index (χ4v) is 8.54. The van der Waals surface area contributed by atoms with Gasteiger partial charge in [-0.1, -0.05) is 72.3 Å². The molecule has 0 aliphatic carbocycles. The first-order valence-electron chi connectivity index (χ1n) is 17.5. The number of ether oxygens (including phenoxy) is 1. The number of rotatable bonds is 9. The maximum atomic E-state index is 16.7. The first kappa shape index (κ1) is 34.7. The molecule has 2 fully saturated rings. The predicted octanol–water partition coefficient (Wildman–Crippen LogP) is 6.09. The summed E-state index contributed by atoms with van der Waals surface area (Å²) in [6, 6.07) is 25.9. The second-order valence-electron chi connectivity index (χ2n) is 13.4. The number of aromatic nitrogens is 6. The van der Waals surface area contributed by atoms with E-state index in [1.807, 2.05) is 42.5 Å². The average molecular weight is 776 g/mol. The number of piperazine rings is 1. The number of fused-ring (bicyclic) bond motifs is 4. The Labute approximate surface area is 319 Å². The lowest BCUT2D eigenvalue weighted by Gasteiger charge is -2.34. The number of carbonyl (C=O) groups is 1. The third-order valence-corrected chi connectivity index (χ3v) is 11.6. The molecule has 5 heterocycles. The van der Waals surface area contributed by atoms with E-state index < -0.39 is 28.4 Å². The van der Waals surface area contributed by atoms with Crippen molar-refractivity contribution < 1.29 is 22.3 Å². The van der Waals surface area contributed by atoms with Crippen molar-refractivity contribution in [2.75, 3.05) is 29.9 Å². The van der Waals surface area contributed by atoms with Crippen LogP contribution in [0.2, 0.25) is 5.02 Å². The van der Waals surface area contributed by atoms with Crippen LogP contribution in [0.5, 0.6) is 6.01 Å². The number of anilines is 2. The van der Waals surface area contributed by atoms with Crippen LogP contribution in [0.1, 0.15) is 12.8 Å². The monoisotopic (exact) mass is 775 g/mol. The van der Waals surface area contributed by atoms with Gasteiger partial charge in [-0.05, 0) is 48.6 Å². The summed E-state index contributed by atoms with van der Waals surface area (Å²) in [7, 11) is -4.05. The Hall–Kier alpha value is -6.03. The Morgan fingerprint density at radius 1 is 0.927 bits per heavy atom. The van der Waals surface area contributed by atoms with Crippen LogP contribution in [0.3, 0.4) is 0 Å². The Kier molecular flexibility index (Phi) is 8.83. The second kappa shape index (κ2) is 14.0. The molecule has 55 heavy (non-hydrogen) atoms. The first-order chi connectivity index (χ1) is 26.7. The van der Waals surface area contributed by atoms with Crippen LogP contribution in [-0.4, -0.2) is 75.2 Å². The fourth-order valence-electron chi connectivity index (χ4n) is 7.21. The minimum Gasteiger partial charge on any atom is -0.453 e. The molecule has 0 saturated carbocycles. The molecule has 3 aromatic heterocycles. The van der Waals surface area contributed by atoms with Gasteiger partial charge in [0.2, 0.25) is 0 Å². The Bertz CT molecular complexity index is 2700. The smallest absolute Gasteiger partial charge is 0.319 e. The molecule has 0 spiro atoms. The van der Waals surface area contributed by atoms with Crippen LogP contribution in [0.25, 0.3) is 44.3 Å². The summed E-state index contributed by atoms with van der Waals surface area (Å²) >= 11 is 6.59. The lowest BCUT2D eigenvalue weighted by Crippen LogP contribution is -2.51. The van der Waals surface area contributed by atoms with Crippen molar-refractivity contribution in [3.8, 4) is 28.7 Å². The highest BCUT2D eigenvalue weighted by atomic mass is 35.5. The number of pyridine rings is 1. The van der Waals surface area contributed by atoms with Crippen LogP contribution in [-0.2, 0) is 14.8 Å². The second-order valence-corrected chi connectivity index (χ2v) is 15.6. The van der Waals surface area contributed by atoms with Gasteiger partial charge < -0.3 is 20.3 Å². The summed E-state index contributed by atoms with van der Waals surface area (Å²) in [5.74, 6) is -0.498. The zero-order chi connectivity index (χ0) is 37.7. The SMILES string of the molecule is O=C(COc1nc(N2C[C@H]3CC[C@@H](C2)N3)c2cnc(-c3cccc4cccc(Cl)c34)c(F)c2n1)Nc1ccc(S(=O)(=O)n2cnc(-c3ccccc3)n2)cc1. The Balaban J connectivity index is 0.968. The van der Waals surface area contributed by atoms with E-state index in [4.69, 9.17) is 16.3 Å². The van der Waals surface area contributed by atoms with Crippen LogP contribution >= 0.6 is 11.6 Å². The molecule has 276 valence electrons. The van der Waals surface area contributed by atoms with Crippen LogP contribution < -0.4 is 20.3 Å². The highest BCUT2D eigenvalue weighted by Crippen LogP contribution is 2.38. The zero-order valence-electron chi connectivity index (χ0n) is 28.9. The van der Waals surface area contributed by atoms with Gasteiger partial charge in [-0.25, -0.2) is 9.37 Å². The van der Waals surface area contributed by atoms with Crippen molar-refractivity contribution in [3.63, 3.8) is 0 Å². The van der Waals surface area contributed by atoms with Gasteiger partial charge in [0.1, 0.15) is 23.4 Å². The fraction of sp³-hybridized carbons (Fsp3) is 0.179. The van der Waals surface area contributed by atoms with Gasteiger partial charge in [0, 0.05) is 58.6 Å². The third kappa shape index (κ3) is 6.60. The van der Waals surface area contributed by atoms with E-state index >= 15 is 4.39 Å². The highest BCUT2D eigenvalue weighted by molar-refractivity contribution is 7.89. The van der Waals surface area contributed by atoms with Gasteiger partial charge >= 0.3 is 6.01 Å². The van der Waals surface area contributed by atoms with Gasteiger partial charge in [0.15, 0.2) is 18.2 Å². The molecule has 1 amide bonds. The van der Waals surface area contributed by atoms with Crippen molar-refractivity contribution >= 4 is 60.7 Å². The van der Waals surface area contributed by atoms with Gasteiger partial charge in [-0.15, -0.1) is 9.19 Å². The molecule has 2 aliphatic rings. The summed E-state index contributed by atoms with van der Waals surface area (Å²) in [6.45, 7) is 0.806. The first-order valence-corrected chi connectivity index (χ1v) is 19.3. The molecule has 2 saturated heterocycles. The summed E-state index contributed by atoms with van der Waals surface area (Å²) in [5.41, 5.74) is 1.59. The summed E-state index contributed by atoms with van der Waals surface area (Å²) in [4.78, 5) is 33.0. The van der Waals surface area contributed by atoms with Crippen LogP contribution in [0, 0.1) is 5.82 Å². The van der Waals surface area contributed by atoms with E-state index in [9.17, 15) is 13.2 Å². The Morgan fingerprint density at radius 3 is 2.44 bits per heavy atom. The number of benzene rings is 4. The van der Waals surface area contributed by atoms with E-state index in [1.165, 1.54) is 24.3 Å². The standard InChI is InChI=1S/C39H31ClFN9O4S/c40-31-11-5-9-23-8-4-10-29(33(23)31)35-34(41)36-30(18-42-35)38(49-19-26-12-13-27(20-49)44-26)47-39(46-36)54-21-32(51)45-25-14-16-28(17-15-25)55(52,53)50-22-43-37(48-50)24-6-2-1-3-7-24/h1-11,14-18,22,26-27,44H,12-13,19-21H2,(H,45,51)/t26-,27+. The van der Waals surface area contributed by atoms with Crippen molar-refractivity contribution in [1.29, 1.82) is 0 Å². The van der Waals surface area contributed by atoms with E-state index in [2.05, 4.69) is 40.6 Å². The molecule has 7 aromatic rings. The molecule has 2 aliphatic heterocycles. The molecule has 2 atom stereocenters. The van der Waals surface area contributed by atoms with Gasteiger partial charge in [-0.3, -0.25) is 9.78 Å². The van der Waals surface area contributed by atoms with Crippen LogP contribution in [0.15, 0.2) is 108 Å². The van der Waals surface area contributed by atoms with E-state index in [0.717, 1.165) is 28.6 Å². The normalized spacial score (nSPS) is 16.8. The zero-order valence-corrected chi connectivity index (χ0v) is 30.5. The number of carbonyl (C=O) groups excluding carboxylic acids is 1. The largest absolute Gasteiger partial charge is 0.453 e. The van der Waals surface area contributed by atoms with E-state index in [1.54, 1.807) is 30.5 Å². The van der Waals surface area contributed by atoms with Gasteiger partial charge in [0.25, 0.3) is 15.9 Å². The van der Waals surface area contributed by atoms with E-state index in [0.29, 0.717) is 51.5 Å². The minimum absolute atomic E-state index is 0.000383. The maximum Gasteiger partial charge on any atom is 0.319 e. The average Bonchev–Trinajstić information content (AvgIpc) is 3.84. The molecule has 4 aromatic carbocycles. The lowest BCUT2D eigenvalue weighted by molar-refractivity contribution is -0.118.